The van der Waals surface area contributed by atoms with Crippen molar-refractivity contribution in [3.8, 4) is 0 Å². The molecule has 15 heavy (non-hydrogen) atoms. The molecule has 1 aliphatic heterocycles. The van der Waals surface area contributed by atoms with Crippen LogP contribution in [-0.2, 0) is 9.53 Å². The molecule has 2 nitrogen and oxygen atoms in total. The lowest BCUT2D eigenvalue weighted by Crippen LogP contribution is -2.06. The smallest absolute Gasteiger partial charge is 0.313 e. The first-order valence-corrected chi connectivity index (χ1v) is 5.35. The highest BCUT2D eigenvalue weighted by atomic mass is 16.5. The summed E-state index contributed by atoms with van der Waals surface area (Å²) in [6.07, 6.45) is 0.866. The first-order chi connectivity index (χ1) is 7.06. The molecule has 0 saturated carbocycles. The SMILES string of the molecule is Cc1cc(C)cc(C2CC(C)OC2=O)c1. The molecule has 1 aliphatic rings. The van der Waals surface area contributed by atoms with Gasteiger partial charge in [0, 0.05) is 6.42 Å². The molecule has 0 aromatic heterocycles. The average Bonchev–Trinajstić information content (AvgIpc) is 2.43. The Kier molecular flexibility index (Phi) is 2.51. The van der Waals surface area contributed by atoms with E-state index >= 15 is 0 Å². The molecule has 2 heteroatoms. The van der Waals surface area contributed by atoms with Crippen LogP contribution in [0.3, 0.4) is 0 Å². The van der Waals surface area contributed by atoms with Crippen LogP contribution < -0.4 is 0 Å². The van der Waals surface area contributed by atoms with Crippen LogP contribution in [0.1, 0.15) is 36.0 Å². The van der Waals surface area contributed by atoms with E-state index in [0.29, 0.717) is 0 Å². The van der Waals surface area contributed by atoms with Crippen molar-refractivity contribution in [3.63, 3.8) is 0 Å². The van der Waals surface area contributed by atoms with E-state index in [1.807, 2.05) is 6.92 Å². The second kappa shape index (κ2) is 3.69. The van der Waals surface area contributed by atoms with Crippen LogP contribution in [0.2, 0.25) is 0 Å². The molecule has 1 aromatic carbocycles. The lowest BCUT2D eigenvalue weighted by atomic mass is 9.93. The topological polar surface area (TPSA) is 26.3 Å². The summed E-state index contributed by atoms with van der Waals surface area (Å²) < 4.78 is 5.17. The highest BCUT2D eigenvalue weighted by molar-refractivity contribution is 5.80. The number of hydrogen-bond donors (Lipinski definition) is 0. The molecule has 1 fully saturated rings. The molecule has 0 N–H and O–H groups in total. The summed E-state index contributed by atoms with van der Waals surface area (Å²) in [5.41, 5.74) is 3.51. The van der Waals surface area contributed by atoms with Gasteiger partial charge < -0.3 is 4.74 Å². The molecule has 0 amide bonds. The van der Waals surface area contributed by atoms with E-state index in [1.165, 1.54) is 11.1 Å². The fraction of sp³-hybridized carbons (Fsp3) is 0.462. The van der Waals surface area contributed by atoms with Crippen molar-refractivity contribution >= 4 is 5.97 Å². The monoisotopic (exact) mass is 204 g/mol. The molecule has 80 valence electrons. The summed E-state index contributed by atoms with van der Waals surface area (Å²) in [5, 5.41) is 0. The van der Waals surface area contributed by atoms with Gasteiger partial charge in [-0.3, -0.25) is 4.79 Å². The molecule has 0 spiro atoms. The first kappa shape index (κ1) is 10.2. The Labute approximate surface area is 90.3 Å². The van der Waals surface area contributed by atoms with E-state index in [-0.39, 0.29) is 18.0 Å². The van der Waals surface area contributed by atoms with Crippen LogP contribution in [-0.4, -0.2) is 12.1 Å². The lowest BCUT2D eigenvalue weighted by molar-refractivity contribution is -0.141. The van der Waals surface area contributed by atoms with Gasteiger partial charge in [-0.1, -0.05) is 29.3 Å². The number of hydrogen-bond acceptors (Lipinski definition) is 2. The molecule has 1 aromatic rings. The highest BCUT2D eigenvalue weighted by Crippen LogP contribution is 2.31. The van der Waals surface area contributed by atoms with Crippen molar-refractivity contribution in [2.24, 2.45) is 0 Å². The summed E-state index contributed by atoms with van der Waals surface area (Å²) in [4.78, 5) is 11.6. The van der Waals surface area contributed by atoms with Gasteiger partial charge in [0.05, 0.1) is 5.92 Å². The number of carbonyl (C=O) groups is 1. The third-order valence-electron chi connectivity index (χ3n) is 2.82. The van der Waals surface area contributed by atoms with Gasteiger partial charge >= 0.3 is 5.97 Å². The van der Waals surface area contributed by atoms with Crippen LogP contribution in [0.4, 0.5) is 0 Å². The van der Waals surface area contributed by atoms with Gasteiger partial charge in [0.1, 0.15) is 6.10 Å². The average molecular weight is 204 g/mol. The molecule has 2 unspecified atom stereocenters. The Morgan fingerprint density at radius 1 is 1.20 bits per heavy atom. The largest absolute Gasteiger partial charge is 0.462 e. The predicted molar refractivity (Wildman–Crippen MR) is 58.8 cm³/mol. The zero-order valence-electron chi connectivity index (χ0n) is 9.41. The van der Waals surface area contributed by atoms with Crippen molar-refractivity contribution in [2.75, 3.05) is 0 Å². The maximum Gasteiger partial charge on any atom is 0.313 e. The Morgan fingerprint density at radius 2 is 1.80 bits per heavy atom. The molecule has 0 aliphatic carbocycles. The summed E-state index contributed by atoms with van der Waals surface area (Å²) in [6.45, 7) is 6.06. The van der Waals surface area contributed by atoms with Gasteiger partial charge in [-0.05, 0) is 26.3 Å². The van der Waals surface area contributed by atoms with Crippen LogP contribution in [0.25, 0.3) is 0 Å². The maximum atomic E-state index is 11.6. The van der Waals surface area contributed by atoms with Crippen molar-refractivity contribution in [1.82, 2.24) is 0 Å². The summed E-state index contributed by atoms with van der Waals surface area (Å²) >= 11 is 0. The minimum Gasteiger partial charge on any atom is -0.462 e. The van der Waals surface area contributed by atoms with E-state index in [2.05, 4.69) is 32.0 Å². The molecule has 1 heterocycles. The number of carbonyl (C=O) groups excluding carboxylic acids is 1. The van der Waals surface area contributed by atoms with Crippen LogP contribution in [0, 0.1) is 13.8 Å². The van der Waals surface area contributed by atoms with E-state index in [4.69, 9.17) is 4.74 Å². The third kappa shape index (κ3) is 2.04. The van der Waals surface area contributed by atoms with E-state index in [1.54, 1.807) is 0 Å². The molecular weight excluding hydrogens is 188 g/mol. The van der Waals surface area contributed by atoms with Gasteiger partial charge in [-0.25, -0.2) is 0 Å². The number of ether oxygens (including phenoxy) is 1. The van der Waals surface area contributed by atoms with Crippen molar-refractivity contribution in [3.05, 3.63) is 34.9 Å². The maximum absolute atomic E-state index is 11.6. The highest BCUT2D eigenvalue weighted by Gasteiger charge is 2.33. The zero-order chi connectivity index (χ0) is 11.0. The fourth-order valence-corrected chi connectivity index (χ4v) is 2.24. The minimum atomic E-state index is -0.0764. The number of benzene rings is 1. The minimum absolute atomic E-state index is 0.0569. The number of aryl methyl sites for hydroxylation is 2. The fourth-order valence-electron chi connectivity index (χ4n) is 2.24. The number of cyclic esters (lactones) is 1. The molecule has 0 radical (unpaired) electrons. The van der Waals surface area contributed by atoms with Crippen LogP contribution >= 0.6 is 0 Å². The third-order valence-corrected chi connectivity index (χ3v) is 2.82. The molecule has 2 rings (SSSR count). The van der Waals surface area contributed by atoms with Gasteiger partial charge in [0.15, 0.2) is 0 Å². The van der Waals surface area contributed by atoms with E-state index < -0.39 is 0 Å². The second-order valence-corrected chi connectivity index (χ2v) is 4.46. The van der Waals surface area contributed by atoms with Crippen LogP contribution in [0.5, 0.6) is 0 Å². The summed E-state index contributed by atoms with van der Waals surface area (Å²) in [6, 6.07) is 6.28. The molecule has 1 saturated heterocycles. The molecule has 2 atom stereocenters. The Bertz CT molecular complexity index is 375. The van der Waals surface area contributed by atoms with Crippen molar-refractivity contribution in [1.29, 1.82) is 0 Å². The van der Waals surface area contributed by atoms with Crippen molar-refractivity contribution in [2.45, 2.75) is 39.2 Å². The summed E-state index contributed by atoms with van der Waals surface area (Å²) in [7, 11) is 0. The van der Waals surface area contributed by atoms with Gasteiger partial charge in [0.2, 0.25) is 0 Å². The van der Waals surface area contributed by atoms with Crippen LogP contribution in [0.15, 0.2) is 18.2 Å². The predicted octanol–water partition coefficient (Wildman–Crippen LogP) is 2.72. The normalized spacial score (nSPS) is 25.4. The van der Waals surface area contributed by atoms with Gasteiger partial charge in [-0.2, -0.15) is 0 Å². The number of esters is 1. The molecular formula is C13H16O2. The zero-order valence-corrected chi connectivity index (χ0v) is 9.41. The number of rotatable bonds is 1. The van der Waals surface area contributed by atoms with Crippen molar-refractivity contribution < 1.29 is 9.53 Å². The Balaban J connectivity index is 2.33. The standard InChI is InChI=1S/C13H16O2/c1-8-4-9(2)6-11(5-8)12-7-10(3)15-13(12)14/h4-6,10,12H,7H2,1-3H3. The second-order valence-electron chi connectivity index (χ2n) is 4.46. The van der Waals surface area contributed by atoms with Gasteiger partial charge in [-0.15, -0.1) is 0 Å². The Hall–Kier alpha value is -1.31. The van der Waals surface area contributed by atoms with E-state index in [0.717, 1.165) is 12.0 Å². The van der Waals surface area contributed by atoms with Gasteiger partial charge in [0.25, 0.3) is 0 Å². The van der Waals surface area contributed by atoms with E-state index in [9.17, 15) is 4.79 Å². The Morgan fingerprint density at radius 3 is 2.27 bits per heavy atom. The summed E-state index contributed by atoms with van der Waals surface area (Å²) in [5.74, 6) is -0.133. The quantitative estimate of drug-likeness (QED) is 0.657. The lowest BCUT2D eigenvalue weighted by Gasteiger charge is -2.08. The first-order valence-electron chi connectivity index (χ1n) is 5.35. The molecule has 0 bridgehead atoms.